The first kappa shape index (κ1) is 15.9. The van der Waals surface area contributed by atoms with Crippen LogP contribution in [0, 0.1) is 6.92 Å². The topological polar surface area (TPSA) is 51.2 Å². The van der Waals surface area contributed by atoms with Crippen LogP contribution in [0.1, 0.15) is 11.1 Å². The lowest BCUT2D eigenvalue weighted by Crippen LogP contribution is -2.28. The minimum absolute atomic E-state index is 0.226. The molecule has 5 heteroatoms. The van der Waals surface area contributed by atoms with Gasteiger partial charge in [-0.2, -0.15) is 0 Å². The van der Waals surface area contributed by atoms with Crippen LogP contribution in [-0.4, -0.2) is 23.5 Å². The summed E-state index contributed by atoms with van der Waals surface area (Å²) in [5, 5.41) is 0. The predicted molar refractivity (Wildman–Crippen MR) is 86.4 cm³/mol. The van der Waals surface area contributed by atoms with Crippen molar-refractivity contribution in [3.8, 4) is 0 Å². The van der Waals surface area contributed by atoms with Gasteiger partial charge in [0.15, 0.2) is 9.84 Å². The van der Waals surface area contributed by atoms with E-state index in [-0.39, 0.29) is 11.3 Å². The first-order chi connectivity index (χ1) is 9.91. The fourth-order valence-corrected chi connectivity index (χ4v) is 5.51. The summed E-state index contributed by atoms with van der Waals surface area (Å²) in [6.07, 6.45) is 1.69. The Morgan fingerprint density at radius 2 is 1.57 bits per heavy atom. The first-order valence-corrected chi connectivity index (χ1v) is 9.75. The second-order valence-electron chi connectivity index (χ2n) is 4.98. The third-order valence-electron chi connectivity index (χ3n) is 3.31. The minimum Gasteiger partial charge on any atom is -0.259 e. The van der Waals surface area contributed by atoms with Crippen molar-refractivity contribution in [1.82, 2.24) is 0 Å². The van der Waals surface area contributed by atoms with E-state index in [0.717, 1.165) is 11.1 Å². The van der Waals surface area contributed by atoms with E-state index in [2.05, 4.69) is 0 Å². The van der Waals surface area contributed by atoms with E-state index in [9.17, 15) is 12.6 Å². The van der Waals surface area contributed by atoms with E-state index < -0.39 is 25.2 Å². The lowest BCUT2D eigenvalue weighted by atomic mass is 10.2. The van der Waals surface area contributed by atoms with Crippen molar-refractivity contribution in [2.45, 2.75) is 22.8 Å². The molecule has 0 spiro atoms. The molecule has 0 N–H and O–H groups in total. The van der Waals surface area contributed by atoms with Crippen molar-refractivity contribution in [3.63, 3.8) is 0 Å². The van der Waals surface area contributed by atoms with Crippen molar-refractivity contribution < 1.29 is 12.6 Å². The van der Waals surface area contributed by atoms with E-state index in [4.69, 9.17) is 0 Å². The number of rotatable bonds is 5. The number of benzene rings is 2. The maximum Gasteiger partial charge on any atom is 0.193 e. The largest absolute Gasteiger partial charge is 0.259 e. The fourth-order valence-electron chi connectivity index (χ4n) is 2.09. The van der Waals surface area contributed by atoms with Crippen LogP contribution < -0.4 is 0 Å². The molecular weight excluding hydrogens is 304 g/mol. The van der Waals surface area contributed by atoms with Gasteiger partial charge in [0.25, 0.3) is 0 Å². The Morgan fingerprint density at radius 1 is 1.00 bits per heavy atom. The second-order valence-corrected chi connectivity index (χ2v) is 8.97. The molecule has 0 aliphatic rings. The van der Waals surface area contributed by atoms with Crippen molar-refractivity contribution in [2.24, 2.45) is 0 Å². The van der Waals surface area contributed by atoms with Crippen molar-refractivity contribution in [3.05, 3.63) is 65.7 Å². The van der Waals surface area contributed by atoms with Gasteiger partial charge >= 0.3 is 0 Å². The highest BCUT2D eigenvalue weighted by atomic mass is 32.3. The van der Waals surface area contributed by atoms with Gasteiger partial charge < -0.3 is 0 Å². The Balaban J connectivity index is 2.37. The van der Waals surface area contributed by atoms with Crippen LogP contribution in [0.4, 0.5) is 0 Å². The van der Waals surface area contributed by atoms with Crippen LogP contribution in [-0.2, 0) is 27.1 Å². The van der Waals surface area contributed by atoms with Crippen LogP contribution in [0.15, 0.2) is 59.5 Å². The standard InChI is InChI=1S/C16H18O3S2/c1-13-8-10-15(11-9-13)21(18,19)16(20(2)17)12-14-6-4-3-5-7-14/h3-11,16H,12H2,1-2H3. The average molecular weight is 322 g/mol. The Morgan fingerprint density at radius 3 is 2.10 bits per heavy atom. The molecule has 2 unspecified atom stereocenters. The Kier molecular flexibility index (Phi) is 4.96. The summed E-state index contributed by atoms with van der Waals surface area (Å²) < 4.78 is 36.4. The molecule has 2 aromatic rings. The highest BCUT2D eigenvalue weighted by molar-refractivity contribution is 8.06. The molecule has 0 aliphatic heterocycles. The molecule has 2 aromatic carbocycles. The molecular formula is C16H18O3S2. The fraction of sp³-hybridized carbons (Fsp3) is 0.250. The second kappa shape index (κ2) is 6.54. The third kappa shape index (κ3) is 3.80. The predicted octanol–water partition coefficient (Wildman–Crippen LogP) is 2.72. The van der Waals surface area contributed by atoms with E-state index in [1.165, 1.54) is 6.26 Å². The molecule has 0 bridgehead atoms. The van der Waals surface area contributed by atoms with Crippen LogP contribution in [0.25, 0.3) is 0 Å². The molecule has 3 nitrogen and oxygen atoms in total. The number of aryl methyl sites for hydroxylation is 1. The average Bonchev–Trinajstić information content (AvgIpc) is 2.46. The highest BCUT2D eigenvalue weighted by Crippen LogP contribution is 2.22. The van der Waals surface area contributed by atoms with Crippen LogP contribution >= 0.6 is 0 Å². The normalized spacial score (nSPS) is 14.6. The first-order valence-electron chi connectivity index (χ1n) is 6.58. The van der Waals surface area contributed by atoms with Crippen LogP contribution in [0.2, 0.25) is 0 Å². The summed E-state index contributed by atoms with van der Waals surface area (Å²) in [6, 6.07) is 15.9. The zero-order chi connectivity index (χ0) is 15.5. The van der Waals surface area contributed by atoms with E-state index in [0.29, 0.717) is 0 Å². The molecule has 21 heavy (non-hydrogen) atoms. The van der Waals surface area contributed by atoms with Gasteiger partial charge in [-0.3, -0.25) is 4.21 Å². The van der Waals surface area contributed by atoms with Gasteiger partial charge in [-0.05, 0) is 24.6 Å². The smallest absolute Gasteiger partial charge is 0.193 e. The molecule has 0 radical (unpaired) electrons. The Hall–Kier alpha value is -1.46. The molecule has 112 valence electrons. The minimum atomic E-state index is -3.62. The van der Waals surface area contributed by atoms with Gasteiger partial charge in [0.05, 0.1) is 4.90 Å². The van der Waals surface area contributed by atoms with E-state index in [1.54, 1.807) is 24.3 Å². The summed E-state index contributed by atoms with van der Waals surface area (Å²) in [6.45, 7) is 1.90. The van der Waals surface area contributed by atoms with Gasteiger partial charge in [-0.1, -0.05) is 48.0 Å². The Labute approximate surface area is 128 Å². The lowest BCUT2D eigenvalue weighted by Gasteiger charge is -2.16. The van der Waals surface area contributed by atoms with Gasteiger partial charge in [0.1, 0.15) is 4.58 Å². The molecule has 0 saturated heterocycles. The number of hydrogen-bond acceptors (Lipinski definition) is 3. The summed E-state index contributed by atoms with van der Waals surface area (Å²) in [4.78, 5) is 0.226. The van der Waals surface area contributed by atoms with Gasteiger partial charge in [-0.15, -0.1) is 0 Å². The zero-order valence-corrected chi connectivity index (χ0v) is 13.7. The van der Waals surface area contributed by atoms with Crippen LogP contribution in [0.5, 0.6) is 0 Å². The van der Waals surface area contributed by atoms with Crippen molar-refractivity contribution >= 4 is 20.6 Å². The highest BCUT2D eigenvalue weighted by Gasteiger charge is 2.30. The summed E-state index contributed by atoms with van der Waals surface area (Å²) in [5.41, 5.74) is 1.86. The quantitative estimate of drug-likeness (QED) is 0.850. The van der Waals surface area contributed by atoms with Gasteiger partial charge in [0, 0.05) is 23.5 Å². The van der Waals surface area contributed by atoms with E-state index in [1.807, 2.05) is 37.3 Å². The third-order valence-corrected chi connectivity index (χ3v) is 7.58. The molecule has 2 atom stereocenters. The number of hydrogen-bond donors (Lipinski definition) is 0. The Bertz CT molecular complexity index is 720. The monoisotopic (exact) mass is 322 g/mol. The van der Waals surface area contributed by atoms with Crippen molar-refractivity contribution in [2.75, 3.05) is 6.26 Å². The zero-order valence-electron chi connectivity index (χ0n) is 12.0. The van der Waals surface area contributed by atoms with Gasteiger partial charge in [0.2, 0.25) is 0 Å². The van der Waals surface area contributed by atoms with Gasteiger partial charge in [-0.25, -0.2) is 8.42 Å². The molecule has 0 aliphatic carbocycles. The molecule has 0 fully saturated rings. The molecule has 0 aromatic heterocycles. The lowest BCUT2D eigenvalue weighted by molar-refractivity contribution is 0.590. The van der Waals surface area contributed by atoms with Crippen LogP contribution in [0.3, 0.4) is 0 Å². The maximum atomic E-state index is 12.7. The van der Waals surface area contributed by atoms with Crippen molar-refractivity contribution in [1.29, 1.82) is 0 Å². The molecule has 0 saturated carbocycles. The molecule has 2 rings (SSSR count). The summed E-state index contributed by atoms with van der Waals surface area (Å²) in [5.74, 6) is 0. The molecule has 0 heterocycles. The summed E-state index contributed by atoms with van der Waals surface area (Å²) >= 11 is 0. The maximum absolute atomic E-state index is 12.7. The number of sulfone groups is 1. The SMILES string of the molecule is Cc1ccc(S(=O)(=O)C(Cc2ccccc2)S(C)=O)cc1. The molecule has 0 amide bonds. The summed E-state index contributed by atoms with van der Waals surface area (Å²) in [7, 11) is -5.08. The van der Waals surface area contributed by atoms with E-state index >= 15 is 0 Å².